The fourth-order valence-electron chi connectivity index (χ4n) is 8.42. The van der Waals surface area contributed by atoms with Gasteiger partial charge in [-0.05, 0) is 124 Å². The lowest BCUT2D eigenvalue weighted by Gasteiger charge is -2.23. The fraction of sp³-hybridized carbons (Fsp3) is 0. The Bertz CT molecular complexity index is 2960. The first kappa shape index (κ1) is 28.2. The van der Waals surface area contributed by atoms with Crippen LogP contribution in [0.5, 0.6) is 11.5 Å². The normalized spacial score (nSPS) is 12.1. The van der Waals surface area contributed by atoms with Crippen LogP contribution in [0.25, 0.3) is 98.7 Å². The number of benzene rings is 10. The first-order valence-electron chi connectivity index (χ1n) is 17.6. The van der Waals surface area contributed by atoms with Crippen molar-refractivity contribution in [1.82, 2.24) is 0 Å². The molecule has 0 saturated heterocycles. The lowest BCUT2D eigenvalue weighted by molar-refractivity contribution is 0.487. The molecule has 1 heterocycles. The van der Waals surface area contributed by atoms with E-state index in [9.17, 15) is 0 Å². The van der Waals surface area contributed by atoms with Crippen molar-refractivity contribution < 1.29 is 4.74 Å². The van der Waals surface area contributed by atoms with Gasteiger partial charge in [-0.1, -0.05) is 146 Å². The topological polar surface area (TPSA) is 9.23 Å². The van der Waals surface area contributed by atoms with Gasteiger partial charge >= 0.3 is 0 Å². The second-order valence-electron chi connectivity index (χ2n) is 13.7. The van der Waals surface area contributed by atoms with E-state index in [2.05, 4.69) is 182 Å². The van der Waals surface area contributed by atoms with Crippen LogP contribution >= 0.6 is 0 Å². The summed E-state index contributed by atoms with van der Waals surface area (Å²) in [4.78, 5) is 0. The van der Waals surface area contributed by atoms with E-state index in [1.54, 1.807) is 0 Å². The molecule has 1 heteroatoms. The number of ether oxygens (including phenoxy) is 1. The molecule has 0 atom stereocenters. The van der Waals surface area contributed by atoms with Gasteiger partial charge in [-0.3, -0.25) is 0 Å². The lowest BCUT2D eigenvalue weighted by atomic mass is 9.87. The third-order valence-electron chi connectivity index (χ3n) is 10.8. The zero-order valence-corrected chi connectivity index (χ0v) is 27.7. The Morgan fingerprint density at radius 2 is 0.863 bits per heavy atom. The molecule has 0 saturated carbocycles. The van der Waals surface area contributed by atoms with Crippen molar-refractivity contribution in [3.05, 3.63) is 182 Å². The summed E-state index contributed by atoms with van der Waals surface area (Å²) in [6.45, 7) is 0. The van der Waals surface area contributed by atoms with Crippen molar-refractivity contribution in [2.75, 3.05) is 0 Å². The Hall–Kier alpha value is -6.70. The summed E-state index contributed by atoms with van der Waals surface area (Å²) < 4.78 is 6.55. The van der Waals surface area contributed by atoms with Gasteiger partial charge in [0.25, 0.3) is 0 Å². The lowest BCUT2D eigenvalue weighted by Crippen LogP contribution is -1.98. The van der Waals surface area contributed by atoms with Crippen LogP contribution in [0.3, 0.4) is 0 Å². The summed E-state index contributed by atoms with van der Waals surface area (Å²) >= 11 is 0. The monoisotopic (exact) mass is 646 g/mol. The van der Waals surface area contributed by atoms with Crippen LogP contribution in [0.1, 0.15) is 0 Å². The number of fused-ring (bicyclic) bond motifs is 2. The minimum atomic E-state index is 0.898. The second kappa shape index (κ2) is 10.9. The maximum absolute atomic E-state index is 6.55. The quantitative estimate of drug-likeness (QED) is 0.173. The highest BCUT2D eigenvalue weighted by molar-refractivity contribution is 6.26. The summed E-state index contributed by atoms with van der Waals surface area (Å²) in [5, 5.41) is 10.2. The van der Waals surface area contributed by atoms with Gasteiger partial charge in [-0.2, -0.15) is 0 Å². The average molecular weight is 647 g/mol. The molecule has 11 rings (SSSR count). The molecule has 0 unspecified atom stereocenters. The molecule has 1 aliphatic heterocycles. The summed E-state index contributed by atoms with van der Waals surface area (Å²) in [5.41, 5.74) is 12.1. The second-order valence-corrected chi connectivity index (χ2v) is 13.7. The van der Waals surface area contributed by atoms with Gasteiger partial charge in [0, 0.05) is 10.9 Å². The predicted molar refractivity (Wildman–Crippen MR) is 215 cm³/mol. The van der Waals surface area contributed by atoms with Crippen LogP contribution in [0.2, 0.25) is 0 Å². The van der Waals surface area contributed by atoms with E-state index in [1.165, 1.54) is 87.8 Å². The number of hydrogen-bond donors (Lipinski definition) is 0. The Kier molecular flexibility index (Phi) is 6.02. The van der Waals surface area contributed by atoms with E-state index in [0.717, 1.165) is 22.4 Å². The third-order valence-corrected chi connectivity index (χ3v) is 10.8. The van der Waals surface area contributed by atoms with Crippen molar-refractivity contribution in [3.8, 4) is 67.1 Å². The SMILES string of the molecule is c1ccc(-c2ccc3c(c2)-c2cccc4c(-c5cccc(-c6cc7ccc8ccc(-c9ccccc9)c9ccc(c6)c7c89)c5)ccc(c24)O3)cc1. The zero-order valence-electron chi connectivity index (χ0n) is 27.7. The van der Waals surface area contributed by atoms with E-state index < -0.39 is 0 Å². The molecule has 1 nitrogen and oxygen atoms in total. The van der Waals surface area contributed by atoms with E-state index in [1.807, 2.05) is 0 Å². The highest BCUT2D eigenvalue weighted by Gasteiger charge is 2.22. The van der Waals surface area contributed by atoms with Gasteiger partial charge in [0.2, 0.25) is 0 Å². The van der Waals surface area contributed by atoms with E-state index in [-0.39, 0.29) is 0 Å². The highest BCUT2D eigenvalue weighted by Crippen LogP contribution is 2.50. The average Bonchev–Trinajstić information content (AvgIpc) is 3.20. The maximum atomic E-state index is 6.55. The van der Waals surface area contributed by atoms with Crippen LogP contribution in [0.4, 0.5) is 0 Å². The Morgan fingerprint density at radius 3 is 1.71 bits per heavy atom. The molecule has 10 aromatic carbocycles. The molecule has 0 aromatic heterocycles. The van der Waals surface area contributed by atoms with E-state index >= 15 is 0 Å². The molecule has 10 aromatic rings. The minimum Gasteiger partial charge on any atom is -0.456 e. The molecule has 236 valence electrons. The smallest absolute Gasteiger partial charge is 0.135 e. The van der Waals surface area contributed by atoms with Crippen molar-refractivity contribution in [2.24, 2.45) is 0 Å². The summed E-state index contributed by atoms with van der Waals surface area (Å²) in [6.07, 6.45) is 0. The Labute approximate surface area is 296 Å². The van der Waals surface area contributed by atoms with Gasteiger partial charge in [0.15, 0.2) is 0 Å². The third kappa shape index (κ3) is 4.35. The standard InChI is InChI=1S/C50H30O/c1-3-9-31(10-4-1)35-21-25-46-45(30-35)43-16-8-15-42-41(24-26-47(51-46)50(42)43)36-14-7-13-34(27-36)39-28-37-18-17-33-19-22-40(32-11-5-2-6-12-32)44-23-20-38(29-39)48(37)49(33)44/h1-30H. The highest BCUT2D eigenvalue weighted by atomic mass is 16.5. The van der Waals surface area contributed by atoms with Crippen LogP contribution in [0, 0.1) is 0 Å². The van der Waals surface area contributed by atoms with Crippen molar-refractivity contribution in [2.45, 2.75) is 0 Å². The van der Waals surface area contributed by atoms with Crippen molar-refractivity contribution >= 4 is 43.1 Å². The molecule has 0 aliphatic carbocycles. The summed E-state index contributed by atoms with van der Waals surface area (Å²) in [7, 11) is 0. The first-order valence-corrected chi connectivity index (χ1v) is 17.6. The molecular weight excluding hydrogens is 617 g/mol. The maximum Gasteiger partial charge on any atom is 0.135 e. The molecule has 0 fully saturated rings. The summed E-state index contributed by atoms with van der Waals surface area (Å²) in [5.74, 6) is 1.80. The minimum absolute atomic E-state index is 0.898. The largest absolute Gasteiger partial charge is 0.456 e. The fourth-order valence-corrected chi connectivity index (χ4v) is 8.42. The Balaban J connectivity index is 1.03. The van der Waals surface area contributed by atoms with Crippen LogP contribution in [-0.2, 0) is 0 Å². The molecule has 0 radical (unpaired) electrons. The van der Waals surface area contributed by atoms with Gasteiger partial charge < -0.3 is 4.74 Å². The summed E-state index contributed by atoms with van der Waals surface area (Å²) in [6, 6.07) is 66.2. The van der Waals surface area contributed by atoms with E-state index in [4.69, 9.17) is 4.74 Å². The van der Waals surface area contributed by atoms with Crippen LogP contribution < -0.4 is 4.74 Å². The molecule has 1 aliphatic rings. The molecule has 51 heavy (non-hydrogen) atoms. The zero-order chi connectivity index (χ0) is 33.5. The van der Waals surface area contributed by atoms with Gasteiger partial charge in [0.05, 0.1) is 0 Å². The van der Waals surface area contributed by atoms with Gasteiger partial charge in [-0.15, -0.1) is 0 Å². The van der Waals surface area contributed by atoms with Crippen molar-refractivity contribution in [1.29, 1.82) is 0 Å². The molecular formula is C50H30O. The molecule has 0 N–H and O–H groups in total. The van der Waals surface area contributed by atoms with Crippen LogP contribution in [0.15, 0.2) is 182 Å². The van der Waals surface area contributed by atoms with Gasteiger partial charge in [0.1, 0.15) is 11.5 Å². The number of hydrogen-bond acceptors (Lipinski definition) is 1. The molecule has 0 amide bonds. The number of rotatable bonds is 4. The van der Waals surface area contributed by atoms with Gasteiger partial charge in [-0.25, -0.2) is 0 Å². The van der Waals surface area contributed by atoms with E-state index in [0.29, 0.717) is 0 Å². The molecule has 0 spiro atoms. The van der Waals surface area contributed by atoms with Crippen molar-refractivity contribution in [3.63, 3.8) is 0 Å². The van der Waals surface area contributed by atoms with Crippen LogP contribution in [-0.4, -0.2) is 0 Å². The Morgan fingerprint density at radius 1 is 0.255 bits per heavy atom. The first-order chi connectivity index (χ1) is 25.3. The molecule has 0 bridgehead atoms. The predicted octanol–water partition coefficient (Wildman–Crippen LogP) is 14.2.